The van der Waals surface area contributed by atoms with E-state index in [2.05, 4.69) is 10.3 Å². The number of amides is 1. The lowest BCUT2D eigenvalue weighted by molar-refractivity contribution is -0.121. The Labute approximate surface area is 165 Å². The number of nitrogens with zero attached hydrogens (tertiary/aromatic N) is 3. The zero-order valence-electron chi connectivity index (χ0n) is 15.7. The lowest BCUT2D eigenvalue weighted by atomic mass is 10.1. The lowest BCUT2D eigenvalue weighted by Crippen LogP contribution is -2.32. The zero-order chi connectivity index (χ0) is 20.4. The molecule has 4 aromatic rings. The number of halogens is 1. The molecular weight excluding hydrogens is 375 g/mol. The molecule has 0 saturated carbocycles. The number of carbonyl (C=O) groups is 1. The van der Waals surface area contributed by atoms with Gasteiger partial charge in [0.25, 0.3) is 0 Å². The zero-order valence-corrected chi connectivity index (χ0v) is 15.7. The van der Waals surface area contributed by atoms with Crippen LogP contribution in [0.5, 0.6) is 0 Å². The van der Waals surface area contributed by atoms with E-state index in [0.29, 0.717) is 22.5 Å². The monoisotopic (exact) mass is 394 g/mol. The summed E-state index contributed by atoms with van der Waals surface area (Å²) in [4.78, 5) is 29.0. The van der Waals surface area contributed by atoms with Crippen LogP contribution in [0.15, 0.2) is 70.1 Å². The lowest BCUT2D eigenvalue weighted by Gasteiger charge is -2.19. The number of oxazole rings is 1. The molecule has 4 rings (SSSR count). The average molecular weight is 394 g/mol. The van der Waals surface area contributed by atoms with Crippen molar-refractivity contribution in [1.29, 1.82) is 0 Å². The number of fused-ring (bicyclic) bond motifs is 1. The van der Waals surface area contributed by atoms with Crippen molar-refractivity contribution in [3.05, 3.63) is 88.7 Å². The molecule has 0 saturated heterocycles. The Bertz CT molecular complexity index is 1220. The summed E-state index contributed by atoms with van der Waals surface area (Å²) in [6.07, 6.45) is 3.35. The first-order valence-corrected chi connectivity index (χ1v) is 9.14. The van der Waals surface area contributed by atoms with Gasteiger partial charge in [-0.2, -0.15) is 0 Å². The van der Waals surface area contributed by atoms with Crippen LogP contribution >= 0.6 is 0 Å². The number of benzene rings is 2. The Balaban J connectivity index is 1.56. The molecule has 2 aromatic heterocycles. The van der Waals surface area contributed by atoms with E-state index in [1.165, 1.54) is 10.6 Å². The van der Waals surface area contributed by atoms with Gasteiger partial charge in [0.1, 0.15) is 17.7 Å². The number of imidazole rings is 1. The number of carbonyl (C=O) groups excluding carboxylic acids is 1. The molecule has 148 valence electrons. The van der Waals surface area contributed by atoms with Crippen molar-refractivity contribution in [2.45, 2.75) is 19.0 Å². The van der Waals surface area contributed by atoms with Gasteiger partial charge in [-0.05, 0) is 18.2 Å². The molecule has 2 heterocycles. The SMILES string of the molecule is Cn1ccnc1[C@H](NC(=O)CCn1c(=O)oc2ccccc21)c1ccccc1F. The molecule has 7 nitrogen and oxygen atoms in total. The smallest absolute Gasteiger partial charge is 0.408 e. The van der Waals surface area contributed by atoms with E-state index in [-0.39, 0.29) is 18.9 Å². The molecule has 0 bridgehead atoms. The van der Waals surface area contributed by atoms with Crippen molar-refractivity contribution in [1.82, 2.24) is 19.4 Å². The molecule has 0 unspecified atom stereocenters. The molecule has 1 N–H and O–H groups in total. The highest BCUT2D eigenvalue weighted by Crippen LogP contribution is 2.23. The number of hydrogen-bond acceptors (Lipinski definition) is 4. The van der Waals surface area contributed by atoms with Gasteiger partial charge in [-0.25, -0.2) is 14.2 Å². The summed E-state index contributed by atoms with van der Waals surface area (Å²) in [5.41, 5.74) is 1.41. The molecule has 0 radical (unpaired) electrons. The Morgan fingerprint density at radius 1 is 1.21 bits per heavy atom. The van der Waals surface area contributed by atoms with Gasteiger partial charge in [-0.3, -0.25) is 9.36 Å². The molecule has 1 atom stereocenters. The van der Waals surface area contributed by atoms with E-state index in [0.717, 1.165) is 0 Å². The van der Waals surface area contributed by atoms with E-state index >= 15 is 0 Å². The minimum atomic E-state index is -0.749. The van der Waals surface area contributed by atoms with Crippen molar-refractivity contribution in [3.63, 3.8) is 0 Å². The molecule has 1 amide bonds. The Hall–Kier alpha value is -3.68. The Kier molecular flexibility index (Phi) is 4.99. The van der Waals surface area contributed by atoms with Gasteiger partial charge in [0.2, 0.25) is 5.91 Å². The summed E-state index contributed by atoms with van der Waals surface area (Å²) in [6.45, 7) is 0.145. The van der Waals surface area contributed by atoms with E-state index in [1.54, 1.807) is 66.5 Å². The molecule has 0 aliphatic carbocycles. The van der Waals surface area contributed by atoms with E-state index in [4.69, 9.17) is 4.42 Å². The first kappa shape index (κ1) is 18.7. The highest BCUT2D eigenvalue weighted by molar-refractivity contribution is 5.77. The number of aromatic nitrogens is 3. The molecule has 0 aliphatic rings. The van der Waals surface area contributed by atoms with Gasteiger partial charge in [0.05, 0.1) is 5.52 Å². The molecule has 8 heteroatoms. The third kappa shape index (κ3) is 3.69. The van der Waals surface area contributed by atoms with Crippen molar-refractivity contribution in [3.8, 4) is 0 Å². The largest absolute Gasteiger partial charge is 0.419 e. The van der Waals surface area contributed by atoms with Crippen molar-refractivity contribution >= 4 is 17.0 Å². The van der Waals surface area contributed by atoms with Crippen LogP contribution < -0.4 is 11.1 Å². The van der Waals surface area contributed by atoms with Crippen LogP contribution in [-0.4, -0.2) is 20.0 Å². The summed E-state index contributed by atoms with van der Waals surface area (Å²) in [5.74, 6) is -0.778. The first-order valence-electron chi connectivity index (χ1n) is 9.14. The van der Waals surface area contributed by atoms with Crippen molar-refractivity contribution in [2.75, 3.05) is 0 Å². The third-order valence-corrected chi connectivity index (χ3v) is 4.77. The van der Waals surface area contributed by atoms with Gasteiger partial charge >= 0.3 is 5.76 Å². The van der Waals surface area contributed by atoms with Crippen molar-refractivity contribution in [2.24, 2.45) is 7.05 Å². The standard InChI is InChI=1S/C21H19FN4O3/c1-25-13-11-23-20(25)19(14-6-2-3-7-15(14)22)24-18(27)10-12-26-16-8-4-5-9-17(16)29-21(26)28/h2-9,11,13,19H,10,12H2,1H3,(H,24,27)/t19-/m1/s1. The Morgan fingerprint density at radius 3 is 2.72 bits per heavy atom. The second kappa shape index (κ2) is 7.75. The van der Waals surface area contributed by atoms with Crippen LogP contribution in [0.2, 0.25) is 0 Å². The predicted molar refractivity (Wildman–Crippen MR) is 105 cm³/mol. The summed E-state index contributed by atoms with van der Waals surface area (Å²) in [6, 6.07) is 12.5. The fraction of sp³-hybridized carbons (Fsp3) is 0.190. The Morgan fingerprint density at radius 2 is 1.97 bits per heavy atom. The number of rotatable bonds is 6. The minimum Gasteiger partial charge on any atom is -0.408 e. The molecule has 29 heavy (non-hydrogen) atoms. The maximum absolute atomic E-state index is 14.4. The molecule has 0 spiro atoms. The first-order chi connectivity index (χ1) is 14.0. The van der Waals surface area contributed by atoms with Gasteiger partial charge in [-0.1, -0.05) is 30.3 Å². The van der Waals surface area contributed by atoms with Gasteiger partial charge in [0, 0.05) is 38.0 Å². The normalized spacial score (nSPS) is 12.2. The number of para-hydroxylation sites is 2. The maximum Gasteiger partial charge on any atom is 0.419 e. The van der Waals surface area contributed by atoms with Gasteiger partial charge < -0.3 is 14.3 Å². The maximum atomic E-state index is 14.4. The van der Waals surface area contributed by atoms with Crippen LogP contribution in [0.1, 0.15) is 23.9 Å². The van der Waals surface area contributed by atoms with Crippen LogP contribution in [0.4, 0.5) is 4.39 Å². The van der Waals surface area contributed by atoms with E-state index in [9.17, 15) is 14.0 Å². The van der Waals surface area contributed by atoms with Crippen LogP contribution in [-0.2, 0) is 18.4 Å². The number of nitrogens with one attached hydrogen (secondary N) is 1. The number of aryl methyl sites for hydroxylation is 2. The second-order valence-electron chi connectivity index (χ2n) is 6.66. The summed E-state index contributed by atoms with van der Waals surface area (Å²) < 4.78 is 22.7. The molecule has 0 aliphatic heterocycles. The highest BCUT2D eigenvalue weighted by Gasteiger charge is 2.23. The van der Waals surface area contributed by atoms with E-state index < -0.39 is 17.6 Å². The minimum absolute atomic E-state index is 0.0266. The van der Waals surface area contributed by atoms with Crippen molar-refractivity contribution < 1.29 is 13.6 Å². The molecule has 0 fully saturated rings. The van der Waals surface area contributed by atoms with Crippen LogP contribution in [0, 0.1) is 5.82 Å². The summed E-state index contributed by atoms with van der Waals surface area (Å²) in [5, 5.41) is 2.84. The third-order valence-electron chi connectivity index (χ3n) is 4.77. The van der Waals surface area contributed by atoms with Gasteiger partial charge in [-0.15, -0.1) is 0 Å². The number of hydrogen-bond donors (Lipinski definition) is 1. The second-order valence-corrected chi connectivity index (χ2v) is 6.66. The molecular formula is C21H19FN4O3. The summed E-state index contributed by atoms with van der Waals surface area (Å²) >= 11 is 0. The predicted octanol–water partition coefficient (Wildman–Crippen LogP) is 2.76. The van der Waals surface area contributed by atoms with Crippen LogP contribution in [0.3, 0.4) is 0 Å². The summed E-state index contributed by atoms with van der Waals surface area (Å²) in [7, 11) is 1.78. The highest BCUT2D eigenvalue weighted by atomic mass is 19.1. The average Bonchev–Trinajstić information content (AvgIpc) is 3.27. The quantitative estimate of drug-likeness (QED) is 0.545. The van der Waals surface area contributed by atoms with Crippen LogP contribution in [0.25, 0.3) is 11.1 Å². The van der Waals surface area contributed by atoms with E-state index in [1.807, 2.05) is 0 Å². The van der Waals surface area contributed by atoms with Gasteiger partial charge in [0.15, 0.2) is 5.58 Å². The fourth-order valence-corrected chi connectivity index (χ4v) is 3.32. The fourth-order valence-electron chi connectivity index (χ4n) is 3.32. The topological polar surface area (TPSA) is 82.1 Å². The molecule has 2 aromatic carbocycles.